The molecular formula is C30H28Cl2N2O8S. The molecule has 0 unspecified atom stereocenters. The van der Waals surface area contributed by atoms with E-state index >= 15 is 0 Å². The number of anilines is 2. The molecule has 43 heavy (non-hydrogen) atoms. The van der Waals surface area contributed by atoms with Crippen LogP contribution in [0.2, 0.25) is 10.0 Å². The average Bonchev–Trinajstić information content (AvgIpc) is 3.00. The third-order valence-electron chi connectivity index (χ3n) is 6.14. The van der Waals surface area contributed by atoms with Gasteiger partial charge in [-0.1, -0.05) is 35.3 Å². The summed E-state index contributed by atoms with van der Waals surface area (Å²) in [5.41, 5.74) is 0.237. The summed E-state index contributed by atoms with van der Waals surface area (Å²) < 4.78 is 56.4. The second kappa shape index (κ2) is 13.8. The van der Waals surface area contributed by atoms with Gasteiger partial charge in [-0.15, -0.1) is 0 Å². The van der Waals surface area contributed by atoms with Gasteiger partial charge >= 0.3 is 0 Å². The number of halogens is 2. The number of carbonyl (C=O) groups excluding carboxylic acids is 1. The SMILES string of the molecule is COc1ccc(S(=O)(=O)N(CC(=O)Nc2cc(Cl)ccc2Oc2ccccc2OC)c2cc(Cl)ccc2OC)cc1OC. The molecule has 1 amide bonds. The zero-order valence-corrected chi connectivity index (χ0v) is 25.9. The summed E-state index contributed by atoms with van der Waals surface area (Å²) >= 11 is 12.5. The largest absolute Gasteiger partial charge is 0.495 e. The fourth-order valence-electron chi connectivity index (χ4n) is 4.09. The molecule has 0 aliphatic carbocycles. The number of sulfonamides is 1. The Labute approximate surface area is 259 Å². The van der Waals surface area contributed by atoms with Crippen molar-refractivity contribution in [1.82, 2.24) is 0 Å². The van der Waals surface area contributed by atoms with Gasteiger partial charge in [0.1, 0.15) is 12.3 Å². The van der Waals surface area contributed by atoms with Crippen molar-refractivity contribution in [2.75, 3.05) is 44.6 Å². The maximum absolute atomic E-state index is 14.1. The molecule has 4 aromatic rings. The van der Waals surface area contributed by atoms with Crippen molar-refractivity contribution in [2.24, 2.45) is 0 Å². The van der Waals surface area contributed by atoms with Gasteiger partial charge in [-0.25, -0.2) is 8.42 Å². The van der Waals surface area contributed by atoms with E-state index in [0.717, 1.165) is 4.31 Å². The van der Waals surface area contributed by atoms with Gasteiger partial charge in [0, 0.05) is 16.1 Å². The molecule has 10 nitrogen and oxygen atoms in total. The van der Waals surface area contributed by atoms with Crippen molar-refractivity contribution in [3.8, 4) is 34.5 Å². The van der Waals surface area contributed by atoms with Crippen LogP contribution in [0.5, 0.6) is 34.5 Å². The molecule has 0 bridgehead atoms. The maximum Gasteiger partial charge on any atom is 0.265 e. The first-order valence-electron chi connectivity index (χ1n) is 12.6. The number of rotatable bonds is 12. The van der Waals surface area contributed by atoms with Gasteiger partial charge < -0.3 is 29.0 Å². The molecule has 0 heterocycles. The molecule has 1 N–H and O–H groups in total. The predicted octanol–water partition coefficient (Wildman–Crippen LogP) is 6.65. The molecule has 0 spiro atoms. The van der Waals surface area contributed by atoms with Gasteiger partial charge in [-0.2, -0.15) is 0 Å². The highest BCUT2D eigenvalue weighted by molar-refractivity contribution is 7.92. The molecule has 0 aromatic heterocycles. The summed E-state index contributed by atoms with van der Waals surface area (Å²) in [4.78, 5) is 13.4. The minimum absolute atomic E-state index is 0.0384. The summed E-state index contributed by atoms with van der Waals surface area (Å²) in [5, 5.41) is 3.25. The first-order chi connectivity index (χ1) is 20.6. The lowest BCUT2D eigenvalue weighted by Crippen LogP contribution is -2.38. The molecule has 0 saturated carbocycles. The topological polar surface area (TPSA) is 113 Å². The predicted molar refractivity (Wildman–Crippen MR) is 165 cm³/mol. The van der Waals surface area contributed by atoms with Gasteiger partial charge in [0.25, 0.3) is 10.0 Å². The number of hydrogen-bond donors (Lipinski definition) is 1. The van der Waals surface area contributed by atoms with E-state index in [-0.39, 0.29) is 38.5 Å². The lowest BCUT2D eigenvalue weighted by molar-refractivity contribution is -0.114. The van der Waals surface area contributed by atoms with Crippen LogP contribution in [0.25, 0.3) is 0 Å². The van der Waals surface area contributed by atoms with Crippen LogP contribution >= 0.6 is 23.2 Å². The van der Waals surface area contributed by atoms with Crippen molar-refractivity contribution in [1.29, 1.82) is 0 Å². The van der Waals surface area contributed by atoms with Crippen LogP contribution in [0.3, 0.4) is 0 Å². The molecule has 0 atom stereocenters. The van der Waals surface area contributed by atoms with E-state index in [1.807, 2.05) is 0 Å². The van der Waals surface area contributed by atoms with E-state index in [1.54, 1.807) is 42.5 Å². The van der Waals surface area contributed by atoms with Crippen LogP contribution in [0.15, 0.2) is 83.8 Å². The van der Waals surface area contributed by atoms with Crippen LogP contribution in [-0.2, 0) is 14.8 Å². The Morgan fingerprint density at radius 1 is 0.698 bits per heavy atom. The molecule has 0 aliphatic rings. The number of methoxy groups -OCH3 is 4. The number of hydrogen-bond acceptors (Lipinski definition) is 8. The summed E-state index contributed by atoms with van der Waals surface area (Å²) in [6, 6.07) is 20.1. The molecule has 4 aromatic carbocycles. The van der Waals surface area contributed by atoms with E-state index in [1.165, 1.54) is 64.8 Å². The number of ether oxygens (including phenoxy) is 5. The molecule has 0 radical (unpaired) electrons. The quantitative estimate of drug-likeness (QED) is 0.182. The zero-order valence-electron chi connectivity index (χ0n) is 23.6. The molecular weight excluding hydrogens is 619 g/mol. The second-order valence-electron chi connectivity index (χ2n) is 8.79. The summed E-state index contributed by atoms with van der Waals surface area (Å²) in [6.45, 7) is -0.673. The summed E-state index contributed by atoms with van der Waals surface area (Å²) in [6.07, 6.45) is 0. The number of carbonyl (C=O) groups is 1. The van der Waals surface area contributed by atoms with Crippen molar-refractivity contribution in [3.63, 3.8) is 0 Å². The standard InChI is InChI=1S/C30H28Cl2N2O8S/c1-38-25-13-10-20(32)16-23(25)34(43(36,37)21-11-14-27(40-3)29(17-21)41-4)18-30(35)33-22-15-19(31)9-12-24(22)42-28-8-6-5-7-26(28)39-2/h5-17H,18H2,1-4H3,(H,33,35). The molecule has 13 heteroatoms. The third kappa shape index (κ3) is 7.19. The number of nitrogens with one attached hydrogen (secondary N) is 1. The highest BCUT2D eigenvalue weighted by atomic mass is 35.5. The Morgan fingerprint density at radius 3 is 1.91 bits per heavy atom. The lowest BCUT2D eigenvalue weighted by atomic mass is 10.2. The van der Waals surface area contributed by atoms with Gasteiger partial charge in [-0.3, -0.25) is 9.10 Å². The Hall–Kier alpha value is -4.32. The van der Waals surface area contributed by atoms with Gasteiger partial charge in [0.2, 0.25) is 5.91 Å². The smallest absolute Gasteiger partial charge is 0.265 e. The Balaban J connectivity index is 1.74. The van der Waals surface area contributed by atoms with E-state index in [4.69, 9.17) is 46.9 Å². The molecule has 4 rings (SSSR count). The Morgan fingerprint density at radius 2 is 1.26 bits per heavy atom. The van der Waals surface area contributed by atoms with Gasteiger partial charge in [-0.05, 0) is 60.7 Å². The van der Waals surface area contributed by atoms with Crippen LogP contribution in [0.1, 0.15) is 0 Å². The van der Waals surface area contributed by atoms with E-state index < -0.39 is 22.5 Å². The molecule has 0 aliphatic heterocycles. The molecule has 0 saturated heterocycles. The fourth-order valence-corrected chi connectivity index (χ4v) is 5.87. The number of benzene rings is 4. The first kappa shape index (κ1) is 31.6. The van der Waals surface area contributed by atoms with E-state index in [0.29, 0.717) is 22.3 Å². The van der Waals surface area contributed by atoms with E-state index in [2.05, 4.69) is 5.32 Å². The summed E-state index contributed by atoms with van der Waals surface area (Å²) in [5.74, 6) is 1.08. The second-order valence-corrected chi connectivity index (χ2v) is 11.5. The van der Waals surface area contributed by atoms with Crippen LogP contribution in [-0.4, -0.2) is 49.3 Å². The van der Waals surface area contributed by atoms with Gasteiger partial charge in [0.15, 0.2) is 28.7 Å². The summed E-state index contributed by atoms with van der Waals surface area (Å²) in [7, 11) is 1.30. The van der Waals surface area contributed by atoms with Crippen LogP contribution in [0, 0.1) is 0 Å². The van der Waals surface area contributed by atoms with E-state index in [9.17, 15) is 13.2 Å². The third-order valence-corrected chi connectivity index (χ3v) is 8.37. The normalized spacial score (nSPS) is 10.9. The van der Waals surface area contributed by atoms with Crippen molar-refractivity contribution in [3.05, 3.63) is 88.9 Å². The number of para-hydroxylation sites is 2. The van der Waals surface area contributed by atoms with Gasteiger partial charge in [0.05, 0.1) is 44.7 Å². The number of amides is 1. The zero-order chi connectivity index (χ0) is 31.1. The van der Waals surface area contributed by atoms with Crippen molar-refractivity contribution >= 4 is 50.5 Å². The number of nitrogens with zero attached hydrogens (tertiary/aromatic N) is 1. The first-order valence-corrected chi connectivity index (χ1v) is 14.8. The monoisotopic (exact) mass is 646 g/mol. The molecule has 226 valence electrons. The van der Waals surface area contributed by atoms with Crippen LogP contribution in [0.4, 0.5) is 11.4 Å². The Kier molecular flexibility index (Phi) is 10.1. The fraction of sp³-hybridized carbons (Fsp3) is 0.167. The lowest BCUT2D eigenvalue weighted by Gasteiger charge is -2.26. The highest BCUT2D eigenvalue weighted by Crippen LogP contribution is 2.39. The van der Waals surface area contributed by atoms with Crippen LogP contribution < -0.4 is 33.3 Å². The highest BCUT2D eigenvalue weighted by Gasteiger charge is 2.31. The van der Waals surface area contributed by atoms with Crippen molar-refractivity contribution < 1.29 is 36.9 Å². The molecule has 0 fully saturated rings. The minimum atomic E-state index is -4.40. The van der Waals surface area contributed by atoms with Crippen molar-refractivity contribution in [2.45, 2.75) is 4.90 Å². The minimum Gasteiger partial charge on any atom is -0.495 e. The maximum atomic E-state index is 14.1. The average molecular weight is 648 g/mol. The Bertz CT molecular complexity index is 1730.